The molecule has 8 heteroatoms. The summed E-state index contributed by atoms with van der Waals surface area (Å²) in [4.78, 5) is 12.0. The van der Waals surface area contributed by atoms with E-state index >= 15 is 0 Å². The summed E-state index contributed by atoms with van der Waals surface area (Å²) in [5.74, 6) is 0.540. The Hall–Kier alpha value is -2.32. The number of aromatic nitrogens is 4. The van der Waals surface area contributed by atoms with Crippen LogP contribution in [-0.4, -0.2) is 51.9 Å². The number of hydrogen-bond donors (Lipinski definition) is 2. The van der Waals surface area contributed by atoms with Crippen LogP contribution in [0.4, 0.5) is 0 Å². The van der Waals surface area contributed by atoms with Crippen molar-refractivity contribution in [3.63, 3.8) is 0 Å². The Morgan fingerprint density at radius 3 is 3.05 bits per heavy atom. The van der Waals surface area contributed by atoms with Crippen molar-refractivity contribution in [3.8, 4) is 5.69 Å². The van der Waals surface area contributed by atoms with Crippen molar-refractivity contribution in [1.82, 2.24) is 30.8 Å². The van der Waals surface area contributed by atoms with E-state index in [2.05, 4.69) is 26.2 Å². The molecule has 1 saturated heterocycles. The molecule has 1 aliphatic rings. The van der Waals surface area contributed by atoms with Crippen molar-refractivity contribution in [3.05, 3.63) is 36.2 Å². The molecule has 2 aromatic rings. The third kappa shape index (κ3) is 3.66. The normalized spacial score (nSPS) is 18.1. The summed E-state index contributed by atoms with van der Waals surface area (Å²) in [6, 6.07) is 9.63. The van der Waals surface area contributed by atoms with Gasteiger partial charge in [0.05, 0.1) is 25.4 Å². The van der Waals surface area contributed by atoms with Gasteiger partial charge < -0.3 is 15.4 Å². The Balaban J connectivity index is 1.55. The molecule has 2 heterocycles. The summed E-state index contributed by atoms with van der Waals surface area (Å²) in [6.45, 7) is 2.33. The molecule has 0 saturated carbocycles. The minimum atomic E-state index is -0.0504. The van der Waals surface area contributed by atoms with Crippen LogP contribution in [0.1, 0.15) is 12.2 Å². The van der Waals surface area contributed by atoms with Crippen molar-refractivity contribution in [1.29, 1.82) is 0 Å². The maximum atomic E-state index is 12.0. The first-order valence-electron chi connectivity index (χ1n) is 7.23. The van der Waals surface area contributed by atoms with E-state index in [0.717, 1.165) is 12.2 Å². The molecular formula is C14H18N6O2. The van der Waals surface area contributed by atoms with Gasteiger partial charge in [0.2, 0.25) is 5.91 Å². The number of nitrogens with one attached hydrogen (secondary N) is 2. The Morgan fingerprint density at radius 1 is 1.41 bits per heavy atom. The largest absolute Gasteiger partial charge is 0.378 e. The highest BCUT2D eigenvalue weighted by Gasteiger charge is 2.17. The molecule has 1 aliphatic heterocycles. The average Bonchev–Trinajstić information content (AvgIpc) is 3.03. The molecule has 22 heavy (non-hydrogen) atoms. The summed E-state index contributed by atoms with van der Waals surface area (Å²) in [5, 5.41) is 17.7. The number of carbonyl (C=O) groups is 1. The van der Waals surface area contributed by atoms with Crippen LogP contribution in [0.2, 0.25) is 0 Å². The van der Waals surface area contributed by atoms with E-state index < -0.39 is 0 Å². The van der Waals surface area contributed by atoms with Gasteiger partial charge >= 0.3 is 0 Å². The number of benzene rings is 1. The molecule has 0 spiro atoms. The highest BCUT2D eigenvalue weighted by molar-refractivity contribution is 5.76. The zero-order valence-corrected chi connectivity index (χ0v) is 12.1. The highest BCUT2D eigenvalue weighted by Crippen LogP contribution is 2.06. The second-order valence-corrected chi connectivity index (χ2v) is 5.05. The van der Waals surface area contributed by atoms with Gasteiger partial charge in [-0.25, -0.2) is 0 Å². The molecule has 0 radical (unpaired) electrons. The number of ether oxygens (including phenoxy) is 1. The van der Waals surface area contributed by atoms with Gasteiger partial charge in [0.1, 0.15) is 0 Å². The molecular weight excluding hydrogens is 284 g/mol. The Labute approximate surface area is 127 Å². The minimum absolute atomic E-state index is 0.0504. The lowest BCUT2D eigenvalue weighted by Gasteiger charge is -2.23. The van der Waals surface area contributed by atoms with Gasteiger partial charge in [0.25, 0.3) is 0 Å². The number of hydrogen-bond acceptors (Lipinski definition) is 6. The number of morpholine rings is 1. The van der Waals surface area contributed by atoms with Gasteiger partial charge in [-0.15, -0.1) is 5.10 Å². The van der Waals surface area contributed by atoms with Crippen molar-refractivity contribution in [2.45, 2.75) is 19.0 Å². The number of nitrogens with zero attached hydrogens (tertiary/aromatic N) is 4. The molecule has 2 N–H and O–H groups in total. The molecule has 1 amide bonds. The van der Waals surface area contributed by atoms with Crippen molar-refractivity contribution in [2.75, 3.05) is 19.8 Å². The maximum Gasteiger partial charge on any atom is 0.222 e. The van der Waals surface area contributed by atoms with Crippen LogP contribution >= 0.6 is 0 Å². The molecule has 1 atom stereocenters. The smallest absolute Gasteiger partial charge is 0.222 e. The summed E-state index contributed by atoms with van der Waals surface area (Å²) in [6.07, 6.45) is 0.382. The second-order valence-electron chi connectivity index (χ2n) is 5.05. The summed E-state index contributed by atoms with van der Waals surface area (Å²) >= 11 is 0. The first-order valence-corrected chi connectivity index (χ1v) is 7.23. The van der Waals surface area contributed by atoms with E-state index in [1.807, 2.05) is 30.3 Å². The van der Waals surface area contributed by atoms with Crippen LogP contribution in [-0.2, 0) is 16.1 Å². The third-order valence-electron chi connectivity index (χ3n) is 3.41. The number of para-hydroxylation sites is 1. The van der Waals surface area contributed by atoms with E-state index in [9.17, 15) is 4.79 Å². The molecule has 1 aromatic heterocycles. The van der Waals surface area contributed by atoms with Gasteiger partial charge in [-0.1, -0.05) is 18.2 Å². The first kappa shape index (κ1) is 14.6. The van der Waals surface area contributed by atoms with Crippen LogP contribution in [0.5, 0.6) is 0 Å². The molecule has 1 aromatic carbocycles. The van der Waals surface area contributed by atoms with Crippen LogP contribution in [0, 0.1) is 0 Å². The SMILES string of the molecule is O=C(C[C@H]1COCCN1)NCc1nnnn1-c1ccccc1. The Morgan fingerprint density at radius 2 is 2.27 bits per heavy atom. The van der Waals surface area contributed by atoms with E-state index in [-0.39, 0.29) is 18.5 Å². The van der Waals surface area contributed by atoms with Crippen molar-refractivity contribution >= 4 is 5.91 Å². The number of amides is 1. The number of carbonyl (C=O) groups excluding carboxylic acids is 1. The van der Waals surface area contributed by atoms with Crippen LogP contribution in [0.3, 0.4) is 0 Å². The van der Waals surface area contributed by atoms with Crippen LogP contribution in [0.25, 0.3) is 5.69 Å². The first-order chi connectivity index (χ1) is 10.8. The Kier molecular flexibility index (Phi) is 4.71. The molecule has 0 bridgehead atoms. The van der Waals surface area contributed by atoms with E-state index in [0.29, 0.717) is 25.5 Å². The third-order valence-corrected chi connectivity index (χ3v) is 3.41. The molecule has 0 aliphatic carbocycles. The zero-order valence-electron chi connectivity index (χ0n) is 12.1. The van der Waals surface area contributed by atoms with E-state index in [1.54, 1.807) is 4.68 Å². The fraction of sp³-hybridized carbons (Fsp3) is 0.429. The maximum absolute atomic E-state index is 12.0. The standard InChI is InChI=1S/C14H18N6O2/c21-14(8-11-10-22-7-6-15-11)16-9-13-17-18-19-20(13)12-4-2-1-3-5-12/h1-5,11,15H,6-10H2,(H,16,21)/t11-/m0/s1. The van der Waals surface area contributed by atoms with Gasteiger partial charge in [0, 0.05) is 19.0 Å². The zero-order chi connectivity index (χ0) is 15.2. The lowest BCUT2D eigenvalue weighted by Crippen LogP contribution is -2.44. The predicted molar refractivity (Wildman–Crippen MR) is 78.2 cm³/mol. The number of rotatable bonds is 5. The monoisotopic (exact) mass is 302 g/mol. The fourth-order valence-electron chi connectivity index (χ4n) is 2.31. The van der Waals surface area contributed by atoms with Crippen molar-refractivity contribution < 1.29 is 9.53 Å². The Bertz CT molecular complexity index is 609. The van der Waals surface area contributed by atoms with Crippen molar-refractivity contribution in [2.24, 2.45) is 0 Å². The fourth-order valence-corrected chi connectivity index (χ4v) is 2.31. The summed E-state index contributed by atoms with van der Waals surface area (Å²) in [7, 11) is 0. The number of tetrazole rings is 1. The molecule has 8 nitrogen and oxygen atoms in total. The molecule has 3 rings (SSSR count). The van der Waals surface area contributed by atoms with Crippen LogP contribution in [0.15, 0.2) is 30.3 Å². The molecule has 116 valence electrons. The molecule has 1 fully saturated rings. The van der Waals surface area contributed by atoms with Gasteiger partial charge in [-0.2, -0.15) is 4.68 Å². The molecule has 0 unspecified atom stereocenters. The second kappa shape index (κ2) is 7.10. The predicted octanol–water partition coefficient (Wildman–Crippen LogP) is -0.343. The van der Waals surface area contributed by atoms with Gasteiger partial charge in [-0.3, -0.25) is 4.79 Å². The van der Waals surface area contributed by atoms with E-state index in [4.69, 9.17) is 4.74 Å². The van der Waals surface area contributed by atoms with Gasteiger partial charge in [-0.05, 0) is 22.6 Å². The van der Waals surface area contributed by atoms with E-state index in [1.165, 1.54) is 0 Å². The minimum Gasteiger partial charge on any atom is -0.378 e. The topological polar surface area (TPSA) is 94.0 Å². The highest BCUT2D eigenvalue weighted by atomic mass is 16.5. The quantitative estimate of drug-likeness (QED) is 0.784. The van der Waals surface area contributed by atoms with Crippen LogP contribution < -0.4 is 10.6 Å². The lowest BCUT2D eigenvalue weighted by molar-refractivity contribution is -0.122. The lowest BCUT2D eigenvalue weighted by atomic mass is 10.2. The average molecular weight is 302 g/mol. The summed E-state index contributed by atoms with van der Waals surface area (Å²) < 4.78 is 6.94. The summed E-state index contributed by atoms with van der Waals surface area (Å²) in [5.41, 5.74) is 0.860. The van der Waals surface area contributed by atoms with Gasteiger partial charge in [0.15, 0.2) is 5.82 Å².